The van der Waals surface area contributed by atoms with Gasteiger partial charge in [-0.25, -0.2) is 4.98 Å². The number of benzene rings is 4. The highest BCUT2D eigenvalue weighted by Crippen LogP contribution is 2.33. The Kier molecular flexibility index (Phi) is 6.91. The lowest BCUT2D eigenvalue weighted by Gasteiger charge is -2.13. The lowest BCUT2D eigenvalue weighted by molar-refractivity contribution is 0.284. The van der Waals surface area contributed by atoms with Crippen LogP contribution in [0.25, 0.3) is 22.3 Å². The highest BCUT2D eigenvalue weighted by Gasteiger charge is 2.13. The van der Waals surface area contributed by atoms with Gasteiger partial charge in [-0.2, -0.15) is 9.78 Å². The van der Waals surface area contributed by atoms with Crippen molar-refractivity contribution in [2.45, 2.75) is 6.61 Å². The van der Waals surface area contributed by atoms with E-state index in [9.17, 15) is 4.79 Å². The Hall–Kier alpha value is -4.23. The van der Waals surface area contributed by atoms with Crippen LogP contribution in [-0.4, -0.2) is 23.0 Å². The molecule has 6 nitrogen and oxygen atoms in total. The second kappa shape index (κ2) is 10.6. The third kappa shape index (κ3) is 4.92. The molecule has 0 aliphatic carbocycles. The van der Waals surface area contributed by atoms with Gasteiger partial charge in [-0.1, -0.05) is 72.8 Å². The summed E-state index contributed by atoms with van der Waals surface area (Å²) in [6.45, 7) is 0.412. The SMILES string of the molecule is COc1cc(C=Nn2c(-c3ccccc3)nc3ccccc3c2=O)c(Br)cc1OCc1ccccc1. The summed E-state index contributed by atoms with van der Waals surface area (Å²) in [5.41, 5.74) is 2.94. The van der Waals surface area contributed by atoms with Crippen LogP contribution in [0.4, 0.5) is 0 Å². The van der Waals surface area contributed by atoms with Crippen molar-refractivity contribution < 1.29 is 9.47 Å². The van der Waals surface area contributed by atoms with Crippen molar-refractivity contribution in [3.63, 3.8) is 0 Å². The van der Waals surface area contributed by atoms with Crippen molar-refractivity contribution in [1.82, 2.24) is 9.66 Å². The molecule has 0 N–H and O–H groups in total. The summed E-state index contributed by atoms with van der Waals surface area (Å²) < 4.78 is 13.6. The zero-order valence-electron chi connectivity index (χ0n) is 19.5. The van der Waals surface area contributed by atoms with E-state index in [4.69, 9.17) is 14.5 Å². The molecular formula is C29H22BrN3O3. The number of hydrogen-bond acceptors (Lipinski definition) is 5. The molecule has 0 saturated carbocycles. The van der Waals surface area contributed by atoms with Crippen LogP contribution in [-0.2, 0) is 6.61 Å². The van der Waals surface area contributed by atoms with Crippen LogP contribution < -0.4 is 15.0 Å². The van der Waals surface area contributed by atoms with Crippen molar-refractivity contribution in [2.75, 3.05) is 7.11 Å². The largest absolute Gasteiger partial charge is 0.493 e. The average molecular weight is 540 g/mol. The summed E-state index contributed by atoms with van der Waals surface area (Å²) in [6, 6.07) is 30.4. The van der Waals surface area contributed by atoms with Crippen LogP contribution in [0.2, 0.25) is 0 Å². The quantitative estimate of drug-likeness (QED) is 0.228. The van der Waals surface area contributed by atoms with Crippen LogP contribution in [0.1, 0.15) is 11.1 Å². The first-order valence-electron chi connectivity index (χ1n) is 11.3. The monoisotopic (exact) mass is 539 g/mol. The molecule has 178 valence electrons. The Balaban J connectivity index is 1.53. The van der Waals surface area contributed by atoms with E-state index >= 15 is 0 Å². The number of rotatable bonds is 7. The standard InChI is InChI=1S/C29H22BrN3O3/c1-35-26-16-22(24(30)17-27(26)36-19-20-10-4-2-5-11-20)18-31-33-28(21-12-6-3-7-13-21)32-25-15-9-8-14-23(25)29(33)34/h2-18H,19H2,1H3. The first-order chi connectivity index (χ1) is 17.6. The van der Waals surface area contributed by atoms with Gasteiger partial charge in [0.2, 0.25) is 0 Å². The van der Waals surface area contributed by atoms with E-state index in [0.29, 0.717) is 34.8 Å². The molecule has 5 rings (SSSR count). The van der Waals surface area contributed by atoms with Gasteiger partial charge >= 0.3 is 0 Å². The molecule has 0 bridgehead atoms. The molecule has 0 radical (unpaired) electrons. The van der Waals surface area contributed by atoms with Gasteiger partial charge in [0, 0.05) is 15.6 Å². The second-order valence-corrected chi connectivity index (χ2v) is 8.83. The molecule has 0 saturated heterocycles. The fourth-order valence-electron chi connectivity index (χ4n) is 3.78. The Labute approximate surface area is 216 Å². The van der Waals surface area contributed by atoms with E-state index < -0.39 is 0 Å². The highest BCUT2D eigenvalue weighted by molar-refractivity contribution is 9.10. The third-order valence-corrected chi connectivity index (χ3v) is 6.30. The van der Waals surface area contributed by atoms with Crippen molar-refractivity contribution in [1.29, 1.82) is 0 Å². The zero-order chi connectivity index (χ0) is 24.9. The van der Waals surface area contributed by atoms with Crippen LogP contribution >= 0.6 is 15.9 Å². The Morgan fingerprint density at radius 1 is 0.917 bits per heavy atom. The predicted molar refractivity (Wildman–Crippen MR) is 146 cm³/mol. The minimum atomic E-state index is -0.249. The molecule has 0 amide bonds. The van der Waals surface area contributed by atoms with Crippen LogP contribution in [0, 0.1) is 0 Å². The summed E-state index contributed by atoms with van der Waals surface area (Å²) >= 11 is 3.60. The minimum absolute atomic E-state index is 0.249. The third-order valence-electron chi connectivity index (χ3n) is 5.62. The van der Waals surface area contributed by atoms with Gasteiger partial charge in [0.05, 0.1) is 24.2 Å². The van der Waals surface area contributed by atoms with Gasteiger partial charge in [0.15, 0.2) is 17.3 Å². The number of ether oxygens (including phenoxy) is 2. The molecule has 0 aliphatic rings. The van der Waals surface area contributed by atoms with Gasteiger partial charge in [0.1, 0.15) is 6.61 Å². The van der Waals surface area contributed by atoms with Crippen LogP contribution in [0.3, 0.4) is 0 Å². The van der Waals surface area contributed by atoms with Crippen molar-refractivity contribution >= 4 is 33.0 Å². The summed E-state index contributed by atoms with van der Waals surface area (Å²) in [5.74, 6) is 1.61. The molecule has 4 aromatic carbocycles. The molecule has 1 heterocycles. The zero-order valence-corrected chi connectivity index (χ0v) is 21.1. The van der Waals surface area contributed by atoms with Crippen molar-refractivity contribution in [3.8, 4) is 22.9 Å². The van der Waals surface area contributed by atoms with E-state index in [0.717, 1.165) is 21.2 Å². The molecule has 0 fully saturated rings. The summed E-state index contributed by atoms with van der Waals surface area (Å²) in [5, 5.41) is 5.05. The first kappa shape index (κ1) is 23.5. The van der Waals surface area contributed by atoms with Gasteiger partial charge < -0.3 is 9.47 Å². The molecule has 5 aromatic rings. The number of hydrogen-bond donors (Lipinski definition) is 0. The van der Waals surface area contributed by atoms with E-state index in [2.05, 4.69) is 21.0 Å². The number of nitrogens with zero attached hydrogens (tertiary/aromatic N) is 3. The highest BCUT2D eigenvalue weighted by atomic mass is 79.9. The van der Waals surface area contributed by atoms with E-state index in [1.807, 2.05) is 91.0 Å². The number of fused-ring (bicyclic) bond motifs is 1. The Bertz CT molecular complexity index is 1600. The summed E-state index contributed by atoms with van der Waals surface area (Å²) in [7, 11) is 1.59. The predicted octanol–water partition coefficient (Wildman–Crippen LogP) is 6.30. The van der Waals surface area contributed by atoms with Gasteiger partial charge in [-0.3, -0.25) is 4.79 Å². The topological polar surface area (TPSA) is 65.7 Å². The average Bonchev–Trinajstić information content (AvgIpc) is 2.93. The van der Waals surface area contributed by atoms with Gasteiger partial charge in [0.25, 0.3) is 5.56 Å². The fraction of sp³-hybridized carbons (Fsp3) is 0.0690. The van der Waals surface area contributed by atoms with Gasteiger partial charge in [-0.15, -0.1) is 0 Å². The normalized spacial score (nSPS) is 11.2. The molecule has 1 aromatic heterocycles. The van der Waals surface area contributed by atoms with Crippen LogP contribution in [0.5, 0.6) is 11.5 Å². The lowest BCUT2D eigenvalue weighted by Crippen LogP contribution is -2.20. The summed E-state index contributed by atoms with van der Waals surface area (Å²) in [4.78, 5) is 18.1. The Morgan fingerprint density at radius 2 is 1.61 bits per heavy atom. The van der Waals surface area contributed by atoms with Gasteiger partial charge in [-0.05, 0) is 45.8 Å². The second-order valence-electron chi connectivity index (χ2n) is 7.98. The number of aromatic nitrogens is 2. The summed E-state index contributed by atoms with van der Waals surface area (Å²) in [6.07, 6.45) is 1.61. The maximum absolute atomic E-state index is 13.4. The minimum Gasteiger partial charge on any atom is -0.493 e. The Morgan fingerprint density at radius 3 is 2.36 bits per heavy atom. The molecular weight excluding hydrogens is 518 g/mol. The van der Waals surface area contributed by atoms with Crippen LogP contribution in [0.15, 0.2) is 111 Å². The molecule has 36 heavy (non-hydrogen) atoms. The number of halogens is 1. The molecule has 0 aliphatic heterocycles. The number of methoxy groups -OCH3 is 1. The number of para-hydroxylation sites is 1. The maximum atomic E-state index is 13.4. The van der Waals surface area contributed by atoms with E-state index in [-0.39, 0.29) is 5.56 Å². The maximum Gasteiger partial charge on any atom is 0.282 e. The smallest absolute Gasteiger partial charge is 0.282 e. The van der Waals surface area contributed by atoms with Crippen molar-refractivity contribution in [3.05, 3.63) is 123 Å². The molecule has 7 heteroatoms. The molecule has 0 atom stereocenters. The first-order valence-corrected chi connectivity index (χ1v) is 12.1. The van der Waals surface area contributed by atoms with E-state index in [1.54, 1.807) is 19.4 Å². The fourth-order valence-corrected chi connectivity index (χ4v) is 4.21. The van der Waals surface area contributed by atoms with Crippen molar-refractivity contribution in [2.24, 2.45) is 5.10 Å². The lowest BCUT2D eigenvalue weighted by atomic mass is 10.2. The van der Waals surface area contributed by atoms with E-state index in [1.165, 1.54) is 4.68 Å². The molecule has 0 unspecified atom stereocenters. The molecule has 0 spiro atoms.